The van der Waals surface area contributed by atoms with Gasteiger partial charge in [0.2, 0.25) is 5.78 Å². The molecular formula is C15H17ClN4O. The van der Waals surface area contributed by atoms with Crippen LogP contribution < -0.4 is 10.6 Å². The summed E-state index contributed by atoms with van der Waals surface area (Å²) in [5.74, 6) is -0.214. The van der Waals surface area contributed by atoms with Gasteiger partial charge in [-0.2, -0.15) is 0 Å². The van der Waals surface area contributed by atoms with E-state index in [0.29, 0.717) is 11.3 Å². The lowest BCUT2D eigenvalue weighted by Crippen LogP contribution is -2.39. The summed E-state index contributed by atoms with van der Waals surface area (Å²) in [4.78, 5) is 19.7. The average molecular weight is 305 g/mol. The molecule has 0 aromatic carbocycles. The lowest BCUT2D eigenvalue weighted by Gasteiger charge is -2.11. The van der Waals surface area contributed by atoms with Crippen molar-refractivity contribution in [1.82, 2.24) is 20.6 Å². The molecular weight excluding hydrogens is 288 g/mol. The highest BCUT2D eigenvalue weighted by Crippen LogP contribution is 2.15. The van der Waals surface area contributed by atoms with Crippen LogP contribution in [0.5, 0.6) is 0 Å². The zero-order chi connectivity index (χ0) is 14.9. The maximum absolute atomic E-state index is 11.9. The van der Waals surface area contributed by atoms with Gasteiger partial charge in [0, 0.05) is 38.6 Å². The van der Waals surface area contributed by atoms with Gasteiger partial charge >= 0.3 is 0 Å². The van der Waals surface area contributed by atoms with Crippen molar-refractivity contribution in [2.75, 3.05) is 26.2 Å². The van der Waals surface area contributed by atoms with Crippen molar-refractivity contribution in [3.63, 3.8) is 0 Å². The minimum atomic E-state index is -0.214. The summed E-state index contributed by atoms with van der Waals surface area (Å²) in [6.45, 7) is 4.56. The van der Waals surface area contributed by atoms with E-state index < -0.39 is 0 Å². The monoisotopic (exact) mass is 304 g/mol. The number of aromatic nitrogens is 2. The maximum Gasteiger partial charge on any atom is 0.214 e. The van der Waals surface area contributed by atoms with Gasteiger partial charge in [0.25, 0.3) is 0 Å². The summed E-state index contributed by atoms with van der Waals surface area (Å²) in [6, 6.07) is 8.45. The van der Waals surface area contributed by atoms with Crippen molar-refractivity contribution in [3.05, 3.63) is 59.1 Å². The number of pyridine rings is 2. The third-order valence-corrected chi connectivity index (χ3v) is 3.16. The summed E-state index contributed by atoms with van der Waals surface area (Å²) < 4.78 is 0. The number of nitrogens with zero attached hydrogens (tertiary/aromatic N) is 2. The zero-order valence-corrected chi connectivity index (χ0v) is 12.3. The smallest absolute Gasteiger partial charge is 0.214 e. The molecule has 1 fully saturated rings. The second-order valence-corrected chi connectivity index (χ2v) is 4.74. The zero-order valence-electron chi connectivity index (χ0n) is 11.6. The second kappa shape index (κ2) is 8.46. The van der Waals surface area contributed by atoms with Crippen molar-refractivity contribution in [1.29, 1.82) is 0 Å². The van der Waals surface area contributed by atoms with E-state index >= 15 is 0 Å². The molecule has 5 nitrogen and oxygen atoms in total. The van der Waals surface area contributed by atoms with E-state index in [1.54, 1.807) is 36.5 Å². The summed E-state index contributed by atoms with van der Waals surface area (Å²) in [5, 5.41) is 6.65. The average Bonchev–Trinajstić information content (AvgIpc) is 2.58. The van der Waals surface area contributed by atoms with Crippen LogP contribution >= 0.6 is 11.6 Å². The molecule has 2 aromatic rings. The van der Waals surface area contributed by atoms with E-state index in [2.05, 4.69) is 20.6 Å². The predicted octanol–water partition coefficient (Wildman–Crippen LogP) is 1.54. The Morgan fingerprint density at radius 3 is 2.14 bits per heavy atom. The Morgan fingerprint density at radius 1 is 0.952 bits per heavy atom. The molecule has 6 heteroatoms. The van der Waals surface area contributed by atoms with E-state index in [9.17, 15) is 4.79 Å². The van der Waals surface area contributed by atoms with Gasteiger partial charge in [0.1, 0.15) is 10.8 Å². The van der Waals surface area contributed by atoms with Gasteiger partial charge < -0.3 is 10.6 Å². The first kappa shape index (κ1) is 15.6. The molecule has 2 aromatic heterocycles. The molecule has 0 unspecified atom stereocenters. The fourth-order valence-corrected chi connectivity index (χ4v) is 2.00. The number of nitrogens with one attached hydrogen (secondary N) is 2. The highest BCUT2D eigenvalue weighted by molar-refractivity contribution is 6.33. The molecule has 0 amide bonds. The Hall–Kier alpha value is -1.82. The number of ketones is 1. The fraction of sp³-hybridized carbons (Fsp3) is 0.267. The molecule has 1 aliphatic rings. The number of hydrogen-bond acceptors (Lipinski definition) is 5. The van der Waals surface area contributed by atoms with Gasteiger partial charge in [-0.15, -0.1) is 0 Å². The van der Waals surface area contributed by atoms with Crippen LogP contribution in [0.25, 0.3) is 0 Å². The number of carbonyl (C=O) groups excluding carboxylic acids is 1. The van der Waals surface area contributed by atoms with E-state index in [1.165, 1.54) is 6.20 Å². The first-order valence-electron chi connectivity index (χ1n) is 6.76. The van der Waals surface area contributed by atoms with Gasteiger partial charge in [-0.3, -0.25) is 9.78 Å². The molecule has 1 aliphatic heterocycles. The van der Waals surface area contributed by atoms with Crippen molar-refractivity contribution < 1.29 is 4.79 Å². The van der Waals surface area contributed by atoms with Crippen LogP contribution in [-0.2, 0) is 0 Å². The number of piperazine rings is 1. The largest absolute Gasteiger partial charge is 0.314 e. The van der Waals surface area contributed by atoms with Crippen LogP contribution in [0.4, 0.5) is 0 Å². The molecule has 0 radical (unpaired) electrons. The van der Waals surface area contributed by atoms with E-state index in [0.717, 1.165) is 26.2 Å². The summed E-state index contributed by atoms with van der Waals surface area (Å²) in [7, 11) is 0. The predicted molar refractivity (Wildman–Crippen MR) is 82.7 cm³/mol. The number of hydrogen-bond donors (Lipinski definition) is 2. The summed E-state index contributed by atoms with van der Waals surface area (Å²) in [5.41, 5.74) is 0.741. The molecule has 0 bridgehead atoms. The molecule has 0 atom stereocenters. The lowest BCUT2D eigenvalue weighted by atomic mass is 10.1. The SMILES string of the molecule is C1CNCCN1.O=C(c1ccccn1)c1cccnc1Cl. The number of halogens is 1. The van der Waals surface area contributed by atoms with Gasteiger partial charge in [-0.1, -0.05) is 17.7 Å². The van der Waals surface area contributed by atoms with Crippen LogP contribution in [0.2, 0.25) is 5.15 Å². The van der Waals surface area contributed by atoms with Crippen molar-refractivity contribution in [2.24, 2.45) is 0 Å². The van der Waals surface area contributed by atoms with Crippen molar-refractivity contribution >= 4 is 17.4 Å². The molecule has 3 rings (SSSR count). The van der Waals surface area contributed by atoms with Crippen LogP contribution in [0, 0.1) is 0 Å². The standard InChI is InChI=1S/C11H7ClN2O.C4H10N2/c12-11-8(4-3-7-14-11)10(15)9-5-1-2-6-13-9;1-2-6-4-3-5-1/h1-7H;5-6H,1-4H2. The minimum Gasteiger partial charge on any atom is -0.314 e. The van der Waals surface area contributed by atoms with Crippen LogP contribution in [0.3, 0.4) is 0 Å². The molecule has 2 N–H and O–H groups in total. The van der Waals surface area contributed by atoms with Gasteiger partial charge in [0.05, 0.1) is 5.56 Å². The molecule has 110 valence electrons. The minimum absolute atomic E-state index is 0.202. The second-order valence-electron chi connectivity index (χ2n) is 4.39. The molecule has 0 saturated carbocycles. The third kappa shape index (κ3) is 4.90. The highest BCUT2D eigenvalue weighted by Gasteiger charge is 2.13. The fourth-order valence-electron chi connectivity index (χ4n) is 1.79. The molecule has 0 aliphatic carbocycles. The Morgan fingerprint density at radius 2 is 1.62 bits per heavy atom. The first-order chi connectivity index (χ1) is 10.3. The topological polar surface area (TPSA) is 66.9 Å². The third-order valence-electron chi connectivity index (χ3n) is 2.86. The van der Waals surface area contributed by atoms with Crippen molar-refractivity contribution in [3.8, 4) is 0 Å². The Balaban J connectivity index is 0.000000225. The normalized spacial score (nSPS) is 14.0. The van der Waals surface area contributed by atoms with Crippen LogP contribution in [-0.4, -0.2) is 41.9 Å². The molecule has 1 saturated heterocycles. The quantitative estimate of drug-likeness (QED) is 0.651. The van der Waals surface area contributed by atoms with E-state index in [1.807, 2.05) is 0 Å². The van der Waals surface area contributed by atoms with E-state index in [-0.39, 0.29) is 10.9 Å². The Kier molecular flexibility index (Phi) is 6.27. The summed E-state index contributed by atoms with van der Waals surface area (Å²) in [6.07, 6.45) is 3.11. The number of rotatable bonds is 2. The first-order valence-corrected chi connectivity index (χ1v) is 7.14. The Bertz CT molecular complexity index is 561. The van der Waals surface area contributed by atoms with Crippen LogP contribution in [0.15, 0.2) is 42.7 Å². The van der Waals surface area contributed by atoms with Crippen molar-refractivity contribution in [2.45, 2.75) is 0 Å². The summed E-state index contributed by atoms with van der Waals surface area (Å²) >= 11 is 5.81. The molecule has 0 spiro atoms. The van der Waals surface area contributed by atoms with Crippen LogP contribution in [0.1, 0.15) is 16.1 Å². The highest BCUT2D eigenvalue weighted by atomic mass is 35.5. The number of carbonyl (C=O) groups is 1. The molecule has 21 heavy (non-hydrogen) atoms. The van der Waals surface area contributed by atoms with Gasteiger partial charge in [0.15, 0.2) is 0 Å². The Labute approximate surface area is 128 Å². The molecule has 3 heterocycles. The van der Waals surface area contributed by atoms with E-state index in [4.69, 9.17) is 11.6 Å². The lowest BCUT2D eigenvalue weighted by molar-refractivity contribution is 0.103. The maximum atomic E-state index is 11.9. The van der Waals surface area contributed by atoms with Gasteiger partial charge in [-0.05, 0) is 24.3 Å². The van der Waals surface area contributed by atoms with Gasteiger partial charge in [-0.25, -0.2) is 4.98 Å².